The van der Waals surface area contributed by atoms with E-state index in [2.05, 4.69) is 0 Å². The molecule has 0 aliphatic carbocycles. The van der Waals surface area contributed by atoms with E-state index in [9.17, 15) is 8.78 Å². The Hall–Kier alpha value is -1.70. The second-order valence-electron chi connectivity index (χ2n) is 3.34. The van der Waals surface area contributed by atoms with Crippen LogP contribution in [0.15, 0.2) is 48.5 Å². The Labute approximate surface area is 87.2 Å². The highest BCUT2D eigenvalue weighted by Crippen LogP contribution is 2.20. The molecule has 2 aromatic carbocycles. The summed E-state index contributed by atoms with van der Waals surface area (Å²) in [4.78, 5) is 0. The van der Waals surface area contributed by atoms with Crippen LogP contribution in [0.1, 0.15) is 5.56 Å². The smallest absolute Gasteiger partial charge is 0.123 e. The summed E-state index contributed by atoms with van der Waals surface area (Å²) in [5, 5.41) is 0. The van der Waals surface area contributed by atoms with Gasteiger partial charge in [0.1, 0.15) is 12.5 Å². The fourth-order valence-corrected chi connectivity index (χ4v) is 1.45. The van der Waals surface area contributed by atoms with Crippen molar-refractivity contribution in [2.45, 2.75) is 6.67 Å². The Balaban J connectivity index is 2.37. The lowest BCUT2D eigenvalue weighted by Crippen LogP contribution is -1.82. The van der Waals surface area contributed by atoms with Crippen LogP contribution in [0.25, 0.3) is 11.1 Å². The van der Waals surface area contributed by atoms with E-state index in [1.165, 1.54) is 12.1 Å². The standard InChI is InChI=1S/C13H10F2/c14-9-10-4-6-11(7-5-10)12-2-1-3-13(15)8-12/h1-8H,9H2. The van der Waals surface area contributed by atoms with Gasteiger partial charge in [0.2, 0.25) is 0 Å². The van der Waals surface area contributed by atoms with Crippen molar-refractivity contribution in [1.82, 2.24) is 0 Å². The van der Waals surface area contributed by atoms with Crippen LogP contribution >= 0.6 is 0 Å². The minimum Gasteiger partial charge on any atom is -0.246 e. The molecule has 0 spiro atoms. The van der Waals surface area contributed by atoms with E-state index in [-0.39, 0.29) is 5.82 Å². The molecule has 0 aromatic heterocycles. The summed E-state index contributed by atoms with van der Waals surface area (Å²) in [6.45, 7) is -0.469. The summed E-state index contributed by atoms with van der Waals surface area (Å²) in [5.41, 5.74) is 2.34. The van der Waals surface area contributed by atoms with Gasteiger partial charge in [-0.15, -0.1) is 0 Å². The molecular formula is C13H10F2. The maximum Gasteiger partial charge on any atom is 0.123 e. The van der Waals surface area contributed by atoms with E-state index in [0.29, 0.717) is 5.56 Å². The quantitative estimate of drug-likeness (QED) is 0.694. The third-order valence-corrected chi connectivity index (χ3v) is 2.27. The van der Waals surface area contributed by atoms with Gasteiger partial charge in [-0.05, 0) is 28.8 Å². The molecule has 0 amide bonds. The molecular weight excluding hydrogens is 194 g/mol. The van der Waals surface area contributed by atoms with Crippen LogP contribution in [0.4, 0.5) is 8.78 Å². The monoisotopic (exact) mass is 204 g/mol. The summed E-state index contributed by atoms with van der Waals surface area (Å²) in [7, 11) is 0. The highest BCUT2D eigenvalue weighted by atomic mass is 19.1. The summed E-state index contributed by atoms with van der Waals surface area (Å²) in [6, 6.07) is 13.4. The average Bonchev–Trinajstić information content (AvgIpc) is 2.29. The van der Waals surface area contributed by atoms with Gasteiger partial charge in [0.05, 0.1) is 0 Å². The maximum atomic E-state index is 12.9. The van der Waals surface area contributed by atoms with Crippen molar-refractivity contribution in [2.75, 3.05) is 0 Å². The van der Waals surface area contributed by atoms with Crippen LogP contribution in [-0.2, 0) is 6.67 Å². The van der Waals surface area contributed by atoms with E-state index in [1.54, 1.807) is 30.3 Å². The Bertz CT molecular complexity index is 446. The lowest BCUT2D eigenvalue weighted by molar-refractivity contribution is 0.485. The minimum absolute atomic E-state index is 0.262. The first-order chi connectivity index (χ1) is 7.29. The SMILES string of the molecule is FCc1ccc(-c2cccc(F)c2)cc1. The van der Waals surface area contributed by atoms with Gasteiger partial charge in [-0.1, -0.05) is 36.4 Å². The summed E-state index contributed by atoms with van der Waals surface area (Å²) >= 11 is 0. The highest BCUT2D eigenvalue weighted by Gasteiger charge is 1.99. The van der Waals surface area contributed by atoms with Gasteiger partial charge < -0.3 is 0 Å². The van der Waals surface area contributed by atoms with Crippen molar-refractivity contribution in [3.05, 3.63) is 59.9 Å². The molecule has 0 saturated carbocycles. The second kappa shape index (κ2) is 4.22. The molecule has 2 aromatic rings. The topological polar surface area (TPSA) is 0 Å². The normalized spacial score (nSPS) is 10.3. The van der Waals surface area contributed by atoms with Crippen LogP contribution in [-0.4, -0.2) is 0 Å². The van der Waals surface area contributed by atoms with Crippen LogP contribution in [0.2, 0.25) is 0 Å². The first kappa shape index (κ1) is 9.84. The molecule has 0 nitrogen and oxygen atoms in total. The molecule has 0 aliphatic heterocycles. The summed E-state index contributed by atoms with van der Waals surface area (Å²) in [6.07, 6.45) is 0. The lowest BCUT2D eigenvalue weighted by atomic mass is 10.0. The first-order valence-corrected chi connectivity index (χ1v) is 4.70. The highest BCUT2D eigenvalue weighted by molar-refractivity contribution is 5.63. The van der Waals surface area contributed by atoms with E-state index in [0.717, 1.165) is 11.1 Å². The molecule has 2 rings (SSSR count). The molecule has 0 fully saturated rings. The molecule has 2 heteroatoms. The van der Waals surface area contributed by atoms with E-state index in [4.69, 9.17) is 0 Å². The van der Waals surface area contributed by atoms with Gasteiger partial charge in [-0.2, -0.15) is 0 Å². The largest absolute Gasteiger partial charge is 0.246 e. The number of alkyl halides is 1. The van der Waals surface area contributed by atoms with Gasteiger partial charge in [-0.25, -0.2) is 8.78 Å². The zero-order valence-electron chi connectivity index (χ0n) is 8.08. The summed E-state index contributed by atoms with van der Waals surface area (Å²) < 4.78 is 25.2. The Morgan fingerprint density at radius 1 is 0.867 bits per heavy atom. The Morgan fingerprint density at radius 2 is 1.60 bits per heavy atom. The van der Waals surface area contributed by atoms with Crippen molar-refractivity contribution in [3.63, 3.8) is 0 Å². The molecule has 0 aliphatic rings. The van der Waals surface area contributed by atoms with E-state index >= 15 is 0 Å². The molecule has 0 atom stereocenters. The number of rotatable bonds is 2. The van der Waals surface area contributed by atoms with Gasteiger partial charge in [-0.3, -0.25) is 0 Å². The fraction of sp³-hybridized carbons (Fsp3) is 0.0769. The van der Waals surface area contributed by atoms with Crippen molar-refractivity contribution in [3.8, 4) is 11.1 Å². The van der Waals surface area contributed by atoms with Gasteiger partial charge >= 0.3 is 0 Å². The Kier molecular flexibility index (Phi) is 2.77. The van der Waals surface area contributed by atoms with Crippen molar-refractivity contribution in [2.24, 2.45) is 0 Å². The van der Waals surface area contributed by atoms with Gasteiger partial charge in [0.15, 0.2) is 0 Å². The molecule has 0 saturated heterocycles. The van der Waals surface area contributed by atoms with Crippen molar-refractivity contribution < 1.29 is 8.78 Å². The lowest BCUT2D eigenvalue weighted by Gasteiger charge is -2.02. The van der Waals surface area contributed by atoms with E-state index in [1.807, 2.05) is 6.07 Å². The molecule has 76 valence electrons. The number of hydrogen-bond donors (Lipinski definition) is 0. The molecule has 0 unspecified atom stereocenters. The predicted molar refractivity (Wildman–Crippen MR) is 56.6 cm³/mol. The minimum atomic E-state index is -0.469. The van der Waals surface area contributed by atoms with Gasteiger partial charge in [0.25, 0.3) is 0 Å². The molecule has 0 heterocycles. The summed E-state index contributed by atoms with van der Waals surface area (Å²) in [5.74, 6) is -0.262. The van der Waals surface area contributed by atoms with Crippen LogP contribution < -0.4 is 0 Å². The van der Waals surface area contributed by atoms with Crippen molar-refractivity contribution in [1.29, 1.82) is 0 Å². The molecule has 0 radical (unpaired) electrons. The van der Waals surface area contributed by atoms with Crippen LogP contribution in [0.3, 0.4) is 0 Å². The molecule has 15 heavy (non-hydrogen) atoms. The predicted octanol–water partition coefficient (Wildman–Crippen LogP) is 3.96. The number of hydrogen-bond acceptors (Lipinski definition) is 0. The molecule has 0 bridgehead atoms. The maximum absolute atomic E-state index is 12.9. The number of halogens is 2. The van der Waals surface area contributed by atoms with Crippen LogP contribution in [0, 0.1) is 5.82 Å². The van der Waals surface area contributed by atoms with Crippen LogP contribution in [0.5, 0.6) is 0 Å². The third kappa shape index (κ3) is 2.21. The zero-order valence-corrected chi connectivity index (χ0v) is 8.08. The third-order valence-electron chi connectivity index (χ3n) is 2.27. The number of benzene rings is 2. The fourth-order valence-electron chi connectivity index (χ4n) is 1.45. The average molecular weight is 204 g/mol. The second-order valence-corrected chi connectivity index (χ2v) is 3.34. The van der Waals surface area contributed by atoms with Gasteiger partial charge in [0, 0.05) is 0 Å². The Morgan fingerprint density at radius 3 is 2.20 bits per heavy atom. The molecule has 0 N–H and O–H groups in total. The van der Waals surface area contributed by atoms with E-state index < -0.39 is 6.67 Å². The van der Waals surface area contributed by atoms with Crippen molar-refractivity contribution >= 4 is 0 Å². The zero-order chi connectivity index (χ0) is 10.7. The first-order valence-electron chi connectivity index (χ1n) is 4.70.